The number of nitriles is 2. The molecule has 0 aliphatic rings. The summed E-state index contributed by atoms with van der Waals surface area (Å²) < 4.78 is 18.9. The molecule has 0 aromatic heterocycles. The molecule has 0 N–H and O–H groups in total. The Morgan fingerprint density at radius 2 is 1.90 bits per heavy atom. The third kappa shape index (κ3) is 4.22. The fourth-order valence-electron chi connectivity index (χ4n) is 1.35. The number of benzene rings is 1. The molecule has 1 aromatic rings. The molecule has 1 rings (SSSR count). The Labute approximate surface area is 116 Å². The first-order valence-corrected chi connectivity index (χ1v) is 5.81. The molecule has 5 heteroatoms. The lowest BCUT2D eigenvalue weighted by Crippen LogP contribution is -2.23. The number of ether oxygens (including phenoxy) is 1. The topological polar surface area (TPSA) is 73.9 Å². The number of carbonyl (C=O) groups excluding carboxylic acids is 1. The van der Waals surface area contributed by atoms with Crippen molar-refractivity contribution in [3.05, 3.63) is 40.7 Å². The monoisotopic (exact) mass is 272 g/mol. The second-order valence-electron chi connectivity index (χ2n) is 5.02. The molecule has 20 heavy (non-hydrogen) atoms. The van der Waals surface area contributed by atoms with E-state index in [-0.39, 0.29) is 16.7 Å². The average Bonchev–Trinajstić information content (AvgIpc) is 2.35. The van der Waals surface area contributed by atoms with E-state index in [1.54, 1.807) is 32.9 Å². The van der Waals surface area contributed by atoms with E-state index in [0.29, 0.717) is 0 Å². The maximum absolute atomic E-state index is 13.8. The standard InChI is InChI=1S/C15H13FN2O2/c1-15(2,3)20-14(19)12-5-4-11(13(16)7-12)6-10(8-17)9-18/h4-7H,1-3H3. The molecule has 1 aromatic carbocycles. The smallest absolute Gasteiger partial charge is 0.338 e. The van der Waals surface area contributed by atoms with Crippen LogP contribution in [0.4, 0.5) is 4.39 Å². The predicted molar refractivity (Wildman–Crippen MR) is 70.8 cm³/mol. The zero-order valence-electron chi connectivity index (χ0n) is 11.4. The van der Waals surface area contributed by atoms with Crippen LogP contribution in [0.5, 0.6) is 0 Å². The van der Waals surface area contributed by atoms with Gasteiger partial charge in [-0.25, -0.2) is 9.18 Å². The van der Waals surface area contributed by atoms with E-state index in [1.807, 2.05) is 0 Å². The van der Waals surface area contributed by atoms with E-state index >= 15 is 0 Å². The van der Waals surface area contributed by atoms with E-state index in [9.17, 15) is 9.18 Å². The van der Waals surface area contributed by atoms with Gasteiger partial charge in [-0.3, -0.25) is 0 Å². The van der Waals surface area contributed by atoms with Gasteiger partial charge in [0.2, 0.25) is 0 Å². The molecule has 0 aliphatic heterocycles. The molecular weight excluding hydrogens is 259 g/mol. The molecule has 0 aliphatic carbocycles. The van der Waals surface area contributed by atoms with Crippen molar-refractivity contribution in [2.45, 2.75) is 26.4 Å². The Hall–Kier alpha value is -2.66. The second kappa shape index (κ2) is 5.99. The lowest BCUT2D eigenvalue weighted by molar-refractivity contribution is 0.00690. The Kier molecular flexibility index (Phi) is 4.61. The summed E-state index contributed by atoms with van der Waals surface area (Å²) in [5.41, 5.74) is -0.740. The first kappa shape index (κ1) is 15.4. The zero-order valence-corrected chi connectivity index (χ0v) is 11.4. The molecule has 0 saturated heterocycles. The highest BCUT2D eigenvalue weighted by molar-refractivity contribution is 5.90. The molecule has 0 radical (unpaired) electrons. The number of halogens is 1. The zero-order chi connectivity index (χ0) is 15.3. The van der Waals surface area contributed by atoms with Gasteiger partial charge in [0, 0.05) is 5.56 Å². The molecule has 0 heterocycles. The molecule has 4 nitrogen and oxygen atoms in total. The lowest BCUT2D eigenvalue weighted by atomic mass is 10.1. The van der Waals surface area contributed by atoms with Crippen LogP contribution in [-0.4, -0.2) is 11.6 Å². The first-order valence-electron chi connectivity index (χ1n) is 5.81. The highest BCUT2D eigenvalue weighted by Crippen LogP contribution is 2.17. The fraction of sp³-hybridized carbons (Fsp3) is 0.267. The SMILES string of the molecule is CC(C)(C)OC(=O)c1ccc(C=C(C#N)C#N)c(F)c1. The van der Waals surface area contributed by atoms with Gasteiger partial charge >= 0.3 is 5.97 Å². The van der Waals surface area contributed by atoms with Crippen LogP contribution in [0.1, 0.15) is 36.7 Å². The predicted octanol–water partition coefficient (Wildman–Crippen LogP) is 3.21. The number of hydrogen-bond acceptors (Lipinski definition) is 4. The van der Waals surface area contributed by atoms with Crippen molar-refractivity contribution in [2.24, 2.45) is 0 Å². The Balaban J connectivity index is 3.07. The maximum Gasteiger partial charge on any atom is 0.338 e. The third-order valence-electron chi connectivity index (χ3n) is 2.18. The van der Waals surface area contributed by atoms with Crippen LogP contribution in [0.15, 0.2) is 23.8 Å². The lowest BCUT2D eigenvalue weighted by Gasteiger charge is -2.19. The summed E-state index contributed by atoms with van der Waals surface area (Å²) in [6.45, 7) is 5.14. The van der Waals surface area contributed by atoms with Gasteiger partial charge in [0.05, 0.1) is 5.56 Å². The quantitative estimate of drug-likeness (QED) is 0.612. The fourth-order valence-corrected chi connectivity index (χ4v) is 1.35. The van der Waals surface area contributed by atoms with Crippen LogP contribution in [0, 0.1) is 28.5 Å². The van der Waals surface area contributed by atoms with Crippen molar-refractivity contribution in [2.75, 3.05) is 0 Å². The Bertz CT molecular complexity index is 627. The Morgan fingerprint density at radius 3 is 2.35 bits per heavy atom. The van der Waals surface area contributed by atoms with Gasteiger partial charge in [-0.1, -0.05) is 6.07 Å². The second-order valence-corrected chi connectivity index (χ2v) is 5.02. The van der Waals surface area contributed by atoms with Gasteiger partial charge in [-0.05, 0) is 39.0 Å². The van der Waals surface area contributed by atoms with E-state index in [1.165, 1.54) is 12.1 Å². The van der Waals surface area contributed by atoms with Gasteiger partial charge in [0.15, 0.2) is 0 Å². The average molecular weight is 272 g/mol. The van der Waals surface area contributed by atoms with Crippen LogP contribution in [0.3, 0.4) is 0 Å². The molecular formula is C15H13FN2O2. The van der Waals surface area contributed by atoms with Crippen molar-refractivity contribution in [3.63, 3.8) is 0 Å². The minimum atomic E-state index is -0.698. The molecule has 0 spiro atoms. The highest BCUT2D eigenvalue weighted by atomic mass is 19.1. The van der Waals surface area contributed by atoms with Crippen LogP contribution in [0.2, 0.25) is 0 Å². The summed E-state index contributed by atoms with van der Waals surface area (Å²) >= 11 is 0. The van der Waals surface area contributed by atoms with Gasteiger partial charge < -0.3 is 4.74 Å². The summed E-state index contributed by atoms with van der Waals surface area (Å²) in [4.78, 5) is 11.7. The number of allylic oxidation sites excluding steroid dienone is 1. The molecule has 0 fully saturated rings. The van der Waals surface area contributed by atoms with Gasteiger partial charge in [-0.2, -0.15) is 10.5 Å². The van der Waals surface area contributed by atoms with Crippen LogP contribution in [-0.2, 0) is 4.74 Å². The van der Waals surface area contributed by atoms with Crippen molar-refractivity contribution in [3.8, 4) is 12.1 Å². The molecule has 0 amide bonds. The van der Waals surface area contributed by atoms with E-state index in [2.05, 4.69) is 0 Å². The van der Waals surface area contributed by atoms with Crippen LogP contribution in [0.25, 0.3) is 6.08 Å². The third-order valence-corrected chi connectivity index (χ3v) is 2.18. The number of rotatable bonds is 2. The summed E-state index contributed by atoms with van der Waals surface area (Å²) in [6, 6.07) is 7.00. The number of nitrogens with zero attached hydrogens (tertiary/aromatic N) is 2. The number of esters is 1. The van der Waals surface area contributed by atoms with E-state index < -0.39 is 17.4 Å². The van der Waals surface area contributed by atoms with Gasteiger partial charge in [0.1, 0.15) is 29.1 Å². The van der Waals surface area contributed by atoms with Crippen molar-refractivity contribution in [1.29, 1.82) is 10.5 Å². The normalized spacial score (nSPS) is 10.1. The largest absolute Gasteiger partial charge is 0.456 e. The summed E-state index contributed by atoms with van der Waals surface area (Å²) in [7, 11) is 0. The minimum Gasteiger partial charge on any atom is -0.456 e. The minimum absolute atomic E-state index is 0.0652. The van der Waals surface area contributed by atoms with Crippen molar-refractivity contribution >= 4 is 12.0 Å². The van der Waals surface area contributed by atoms with Gasteiger partial charge in [0.25, 0.3) is 0 Å². The van der Waals surface area contributed by atoms with E-state index in [0.717, 1.165) is 12.1 Å². The molecule has 0 atom stereocenters. The van der Waals surface area contributed by atoms with Crippen molar-refractivity contribution in [1.82, 2.24) is 0 Å². The molecule has 0 saturated carbocycles. The van der Waals surface area contributed by atoms with Crippen molar-refractivity contribution < 1.29 is 13.9 Å². The summed E-state index contributed by atoms with van der Waals surface area (Å²) in [6.07, 6.45) is 1.12. The maximum atomic E-state index is 13.8. The summed E-state index contributed by atoms with van der Waals surface area (Å²) in [5, 5.41) is 17.2. The number of carbonyl (C=O) groups is 1. The highest BCUT2D eigenvalue weighted by Gasteiger charge is 2.18. The van der Waals surface area contributed by atoms with Gasteiger partial charge in [-0.15, -0.1) is 0 Å². The van der Waals surface area contributed by atoms with E-state index in [4.69, 9.17) is 15.3 Å². The molecule has 0 unspecified atom stereocenters. The first-order chi connectivity index (χ1) is 9.26. The molecule has 102 valence electrons. The number of hydrogen-bond donors (Lipinski definition) is 0. The van der Waals surface area contributed by atoms with Crippen LogP contribution < -0.4 is 0 Å². The summed E-state index contributed by atoms with van der Waals surface area (Å²) in [5.74, 6) is -1.33. The van der Waals surface area contributed by atoms with Crippen LogP contribution >= 0.6 is 0 Å². The Morgan fingerprint density at radius 1 is 1.30 bits per heavy atom. The molecule has 0 bridgehead atoms.